The molecule has 1 aliphatic carbocycles. The van der Waals surface area contributed by atoms with E-state index in [1.807, 2.05) is 6.20 Å². The maximum Gasteiger partial charge on any atom is 0.0576 e. The zero-order chi connectivity index (χ0) is 13.7. The van der Waals surface area contributed by atoms with Crippen molar-refractivity contribution in [2.24, 2.45) is 11.8 Å². The Balaban J connectivity index is 2.20. The zero-order valence-electron chi connectivity index (χ0n) is 12.0. The average molecular weight is 325 g/mol. The summed E-state index contributed by atoms with van der Waals surface area (Å²) in [6.45, 7) is 5.53. The van der Waals surface area contributed by atoms with E-state index >= 15 is 0 Å². The van der Waals surface area contributed by atoms with Gasteiger partial charge in [0.15, 0.2) is 0 Å². The first-order chi connectivity index (χ1) is 9.26. The molecule has 1 fully saturated rings. The number of aromatic nitrogens is 1. The summed E-state index contributed by atoms with van der Waals surface area (Å²) in [5.74, 6) is 1.59. The van der Waals surface area contributed by atoms with E-state index in [1.165, 1.54) is 37.8 Å². The van der Waals surface area contributed by atoms with Gasteiger partial charge < -0.3 is 5.32 Å². The van der Waals surface area contributed by atoms with Crippen LogP contribution in [0.5, 0.6) is 0 Å². The second-order valence-corrected chi connectivity index (χ2v) is 6.47. The van der Waals surface area contributed by atoms with Gasteiger partial charge in [0.05, 0.1) is 11.7 Å². The van der Waals surface area contributed by atoms with Crippen LogP contribution in [-0.4, -0.2) is 11.5 Å². The van der Waals surface area contributed by atoms with Gasteiger partial charge in [0.1, 0.15) is 0 Å². The predicted octanol–water partition coefficient (Wildman–Crippen LogP) is 4.71. The summed E-state index contributed by atoms with van der Waals surface area (Å²) >= 11 is 3.47. The molecule has 106 valence electrons. The van der Waals surface area contributed by atoms with Crippen LogP contribution >= 0.6 is 15.9 Å². The van der Waals surface area contributed by atoms with Crippen LogP contribution in [0, 0.1) is 11.8 Å². The van der Waals surface area contributed by atoms with Crippen LogP contribution in [0.25, 0.3) is 0 Å². The van der Waals surface area contributed by atoms with E-state index in [1.54, 1.807) is 0 Å². The van der Waals surface area contributed by atoms with Crippen LogP contribution in [0.2, 0.25) is 0 Å². The maximum absolute atomic E-state index is 4.63. The Kier molecular flexibility index (Phi) is 5.83. The summed E-state index contributed by atoms with van der Waals surface area (Å²) in [6.07, 6.45) is 8.72. The molecule has 19 heavy (non-hydrogen) atoms. The highest BCUT2D eigenvalue weighted by atomic mass is 79.9. The van der Waals surface area contributed by atoms with E-state index < -0.39 is 0 Å². The van der Waals surface area contributed by atoms with E-state index in [-0.39, 0.29) is 0 Å². The minimum Gasteiger partial charge on any atom is -0.309 e. The van der Waals surface area contributed by atoms with Crippen LogP contribution in [0.1, 0.15) is 57.7 Å². The number of hydrogen-bond acceptors (Lipinski definition) is 2. The summed E-state index contributed by atoms with van der Waals surface area (Å²) in [7, 11) is 0. The molecule has 0 amide bonds. The van der Waals surface area contributed by atoms with Crippen molar-refractivity contribution in [2.75, 3.05) is 6.54 Å². The lowest BCUT2D eigenvalue weighted by atomic mass is 9.73. The summed E-state index contributed by atoms with van der Waals surface area (Å²) < 4.78 is 1.06. The van der Waals surface area contributed by atoms with Gasteiger partial charge in [-0.25, -0.2) is 0 Å². The largest absolute Gasteiger partial charge is 0.309 e. The predicted molar refractivity (Wildman–Crippen MR) is 84.1 cm³/mol. The fourth-order valence-electron chi connectivity index (χ4n) is 3.45. The van der Waals surface area contributed by atoms with Crippen LogP contribution in [0.4, 0.5) is 0 Å². The van der Waals surface area contributed by atoms with Gasteiger partial charge in [0, 0.05) is 10.7 Å². The Morgan fingerprint density at radius 1 is 1.32 bits per heavy atom. The fourth-order valence-corrected chi connectivity index (χ4v) is 3.68. The van der Waals surface area contributed by atoms with Crippen LogP contribution in [-0.2, 0) is 0 Å². The Labute approximate surface area is 125 Å². The number of rotatable bonds is 5. The minimum atomic E-state index is 0.420. The Morgan fingerprint density at radius 3 is 2.74 bits per heavy atom. The highest BCUT2D eigenvalue weighted by Gasteiger charge is 2.31. The highest BCUT2D eigenvalue weighted by Crippen LogP contribution is 2.39. The van der Waals surface area contributed by atoms with Crippen molar-refractivity contribution in [1.29, 1.82) is 0 Å². The zero-order valence-corrected chi connectivity index (χ0v) is 13.6. The van der Waals surface area contributed by atoms with E-state index in [2.05, 4.69) is 52.2 Å². The van der Waals surface area contributed by atoms with Crippen molar-refractivity contribution in [3.63, 3.8) is 0 Å². The molecule has 0 aliphatic heterocycles. The molecule has 1 aromatic heterocycles. The van der Waals surface area contributed by atoms with Crippen molar-refractivity contribution in [3.8, 4) is 0 Å². The fraction of sp³-hybridized carbons (Fsp3) is 0.688. The topological polar surface area (TPSA) is 24.9 Å². The van der Waals surface area contributed by atoms with Crippen molar-refractivity contribution < 1.29 is 0 Å². The lowest BCUT2D eigenvalue weighted by Gasteiger charge is -2.37. The maximum atomic E-state index is 4.63. The van der Waals surface area contributed by atoms with Gasteiger partial charge in [-0.2, -0.15) is 0 Å². The normalized spacial score (nSPS) is 25.2. The first-order valence-corrected chi connectivity index (χ1v) is 8.40. The molecule has 1 saturated carbocycles. The summed E-state index contributed by atoms with van der Waals surface area (Å²) in [5.41, 5.74) is 1.20. The molecular weight excluding hydrogens is 300 g/mol. The summed E-state index contributed by atoms with van der Waals surface area (Å²) in [5, 5.41) is 3.67. The monoisotopic (exact) mass is 324 g/mol. The van der Waals surface area contributed by atoms with E-state index in [9.17, 15) is 0 Å². The molecule has 3 unspecified atom stereocenters. The van der Waals surface area contributed by atoms with Gasteiger partial charge in [-0.3, -0.25) is 4.98 Å². The second-order valence-electron chi connectivity index (χ2n) is 5.55. The lowest BCUT2D eigenvalue weighted by molar-refractivity contribution is 0.174. The van der Waals surface area contributed by atoms with Crippen LogP contribution in [0.15, 0.2) is 22.8 Å². The smallest absolute Gasteiger partial charge is 0.0576 e. The molecule has 3 atom stereocenters. The molecule has 1 heterocycles. The third-order valence-electron chi connectivity index (χ3n) is 4.41. The van der Waals surface area contributed by atoms with Crippen molar-refractivity contribution in [2.45, 2.75) is 52.0 Å². The first kappa shape index (κ1) is 15.0. The Bertz CT molecular complexity index is 377. The standard InChI is InChI=1S/C16H25BrN2/c1-3-12-7-5-6-8-14(12)16(18-4-2)15-10-9-13(17)11-19-15/h9-12,14,16,18H,3-8H2,1-2H3. The quantitative estimate of drug-likeness (QED) is 0.848. The van der Waals surface area contributed by atoms with Gasteiger partial charge in [0.25, 0.3) is 0 Å². The van der Waals surface area contributed by atoms with Crippen molar-refractivity contribution in [1.82, 2.24) is 10.3 Å². The summed E-state index contributed by atoms with van der Waals surface area (Å²) in [4.78, 5) is 4.63. The average Bonchev–Trinajstić information content (AvgIpc) is 2.46. The van der Waals surface area contributed by atoms with Gasteiger partial charge in [0.2, 0.25) is 0 Å². The van der Waals surface area contributed by atoms with Gasteiger partial charge in [-0.05, 0) is 52.9 Å². The molecule has 0 saturated heterocycles. The van der Waals surface area contributed by atoms with Gasteiger partial charge in [-0.15, -0.1) is 0 Å². The molecule has 2 nitrogen and oxygen atoms in total. The second kappa shape index (κ2) is 7.39. The van der Waals surface area contributed by atoms with Crippen molar-refractivity contribution >= 4 is 15.9 Å². The SMILES string of the molecule is CCNC(c1ccc(Br)cn1)C1CCCCC1CC. The third-order valence-corrected chi connectivity index (χ3v) is 4.88. The molecule has 1 N–H and O–H groups in total. The Hall–Kier alpha value is -0.410. The van der Waals surface area contributed by atoms with Gasteiger partial charge in [-0.1, -0.05) is 39.5 Å². The third kappa shape index (κ3) is 3.79. The summed E-state index contributed by atoms with van der Waals surface area (Å²) in [6, 6.07) is 4.69. The van der Waals surface area contributed by atoms with E-state index in [4.69, 9.17) is 0 Å². The number of halogens is 1. The first-order valence-electron chi connectivity index (χ1n) is 7.61. The molecule has 0 bridgehead atoms. The highest BCUT2D eigenvalue weighted by molar-refractivity contribution is 9.10. The molecule has 0 radical (unpaired) electrons. The molecule has 0 aromatic carbocycles. The molecule has 1 aromatic rings. The molecular formula is C16H25BrN2. The molecule has 1 aliphatic rings. The molecule has 3 heteroatoms. The van der Waals surface area contributed by atoms with Gasteiger partial charge >= 0.3 is 0 Å². The number of pyridine rings is 1. The molecule has 0 spiro atoms. The Morgan fingerprint density at radius 2 is 2.11 bits per heavy atom. The van der Waals surface area contributed by atoms with E-state index in [0.29, 0.717) is 6.04 Å². The number of hydrogen-bond donors (Lipinski definition) is 1. The van der Waals surface area contributed by atoms with E-state index in [0.717, 1.165) is 22.9 Å². The molecule has 2 rings (SSSR count). The van der Waals surface area contributed by atoms with Crippen molar-refractivity contribution in [3.05, 3.63) is 28.5 Å². The number of nitrogens with zero attached hydrogens (tertiary/aromatic N) is 1. The van der Waals surface area contributed by atoms with Crippen LogP contribution < -0.4 is 5.32 Å². The minimum absolute atomic E-state index is 0.420. The number of nitrogens with one attached hydrogen (secondary N) is 1. The van der Waals surface area contributed by atoms with Crippen LogP contribution in [0.3, 0.4) is 0 Å². The lowest BCUT2D eigenvalue weighted by Crippen LogP contribution is -2.35.